The molecule has 0 saturated carbocycles. The monoisotopic (exact) mass is 284 g/mol. The number of imidazole rings is 1. The van der Waals surface area contributed by atoms with Gasteiger partial charge in [0.2, 0.25) is 0 Å². The molecular formula is C16H20N4O. The van der Waals surface area contributed by atoms with Gasteiger partial charge in [-0.3, -0.25) is 0 Å². The first kappa shape index (κ1) is 13.7. The van der Waals surface area contributed by atoms with Gasteiger partial charge in [-0.1, -0.05) is 17.3 Å². The summed E-state index contributed by atoms with van der Waals surface area (Å²) in [5.74, 6) is 0.143. The molecule has 110 valence electrons. The highest BCUT2D eigenvalue weighted by Gasteiger charge is 2.15. The summed E-state index contributed by atoms with van der Waals surface area (Å²) in [5.41, 5.74) is 11.4. The molecule has 3 N–H and O–H groups in total. The lowest BCUT2D eigenvalue weighted by Gasteiger charge is -2.15. The molecule has 0 fully saturated rings. The molecule has 0 bridgehead atoms. The maximum Gasteiger partial charge on any atom is 0.170 e. The van der Waals surface area contributed by atoms with Crippen LogP contribution < -0.4 is 5.73 Å². The Bertz CT molecular complexity index is 688. The van der Waals surface area contributed by atoms with E-state index in [9.17, 15) is 0 Å². The lowest BCUT2D eigenvalue weighted by molar-refractivity contribution is 0.318. The van der Waals surface area contributed by atoms with Crippen molar-refractivity contribution in [3.8, 4) is 0 Å². The Morgan fingerprint density at radius 3 is 2.95 bits per heavy atom. The molecule has 21 heavy (non-hydrogen) atoms. The Labute approximate surface area is 124 Å². The molecule has 0 saturated heterocycles. The highest BCUT2D eigenvalue weighted by molar-refractivity contribution is 5.97. The molecule has 0 amide bonds. The number of hydrogen-bond acceptors (Lipinski definition) is 3. The van der Waals surface area contributed by atoms with Crippen LogP contribution in [0, 0.1) is 6.92 Å². The van der Waals surface area contributed by atoms with Gasteiger partial charge in [0, 0.05) is 17.8 Å². The van der Waals surface area contributed by atoms with Crippen molar-refractivity contribution in [1.29, 1.82) is 0 Å². The summed E-state index contributed by atoms with van der Waals surface area (Å²) in [4.78, 5) is 4.53. The number of fused-ring (bicyclic) bond motifs is 1. The number of aryl methyl sites for hydroxylation is 2. The van der Waals surface area contributed by atoms with Gasteiger partial charge in [-0.2, -0.15) is 0 Å². The molecule has 2 aromatic rings. The summed E-state index contributed by atoms with van der Waals surface area (Å²) < 4.78 is 2.25. The second-order valence-corrected chi connectivity index (χ2v) is 5.60. The number of aromatic nitrogens is 2. The third kappa shape index (κ3) is 2.63. The van der Waals surface area contributed by atoms with E-state index in [4.69, 9.17) is 10.9 Å². The number of oxime groups is 1. The average Bonchev–Trinajstić information content (AvgIpc) is 2.92. The van der Waals surface area contributed by atoms with E-state index in [1.165, 1.54) is 29.8 Å². The topological polar surface area (TPSA) is 76.4 Å². The van der Waals surface area contributed by atoms with Gasteiger partial charge in [0.15, 0.2) is 5.84 Å². The van der Waals surface area contributed by atoms with Gasteiger partial charge in [-0.05, 0) is 49.8 Å². The molecular weight excluding hydrogens is 264 g/mol. The van der Waals surface area contributed by atoms with E-state index in [1.807, 2.05) is 31.5 Å². The van der Waals surface area contributed by atoms with Crippen LogP contribution in [-0.4, -0.2) is 20.6 Å². The summed E-state index contributed by atoms with van der Waals surface area (Å²) in [7, 11) is 0. The number of benzene rings is 1. The maximum atomic E-state index is 8.74. The highest BCUT2D eigenvalue weighted by Crippen LogP contribution is 2.21. The number of nitrogens with zero attached hydrogens (tertiary/aromatic N) is 3. The molecule has 5 nitrogen and oxygen atoms in total. The summed E-state index contributed by atoms with van der Waals surface area (Å²) in [6.07, 6.45) is 6.67. The van der Waals surface area contributed by atoms with Crippen molar-refractivity contribution in [3.63, 3.8) is 0 Å². The van der Waals surface area contributed by atoms with Crippen molar-refractivity contribution < 1.29 is 5.21 Å². The predicted octanol–water partition coefficient (Wildman–Crippen LogP) is 2.21. The normalized spacial score (nSPS) is 15.0. The molecule has 0 aliphatic heterocycles. The van der Waals surface area contributed by atoms with E-state index in [0.717, 1.165) is 30.5 Å². The number of nitrogens with two attached hydrogens (primary N) is 1. The van der Waals surface area contributed by atoms with Crippen LogP contribution in [0.5, 0.6) is 0 Å². The van der Waals surface area contributed by atoms with Gasteiger partial charge >= 0.3 is 0 Å². The predicted molar refractivity (Wildman–Crippen MR) is 81.7 cm³/mol. The Morgan fingerprint density at radius 2 is 2.19 bits per heavy atom. The Morgan fingerprint density at radius 1 is 1.38 bits per heavy atom. The quantitative estimate of drug-likeness (QED) is 0.393. The van der Waals surface area contributed by atoms with Gasteiger partial charge in [0.1, 0.15) is 0 Å². The Balaban J connectivity index is 1.87. The van der Waals surface area contributed by atoms with E-state index in [2.05, 4.69) is 14.7 Å². The van der Waals surface area contributed by atoms with Crippen LogP contribution in [0.2, 0.25) is 0 Å². The Kier molecular flexibility index (Phi) is 3.64. The summed E-state index contributed by atoms with van der Waals surface area (Å²) >= 11 is 0. The minimum atomic E-state index is 0.143. The minimum absolute atomic E-state index is 0.143. The van der Waals surface area contributed by atoms with Gasteiger partial charge in [-0.15, -0.1) is 0 Å². The first-order valence-electron chi connectivity index (χ1n) is 7.29. The fourth-order valence-electron chi connectivity index (χ4n) is 2.94. The first-order valence-corrected chi connectivity index (χ1v) is 7.29. The summed E-state index contributed by atoms with van der Waals surface area (Å²) in [6, 6.07) is 5.88. The van der Waals surface area contributed by atoms with Crippen molar-refractivity contribution >= 4 is 5.84 Å². The fraction of sp³-hybridized carbons (Fsp3) is 0.375. The molecule has 1 heterocycles. The SMILES string of the molecule is Cc1cc(/C(N)=N/O)ccc1Cn1cnc2c1CCCC2. The lowest BCUT2D eigenvalue weighted by Crippen LogP contribution is -2.14. The number of rotatable bonds is 3. The summed E-state index contributed by atoms with van der Waals surface area (Å²) in [6.45, 7) is 2.87. The van der Waals surface area contributed by atoms with Crippen LogP contribution in [0.1, 0.15) is 40.9 Å². The first-order chi connectivity index (χ1) is 10.2. The standard InChI is InChI=1S/C16H20N4O/c1-11-8-12(16(17)19-21)6-7-13(11)9-20-10-18-14-4-2-3-5-15(14)20/h6-8,10,21H,2-5,9H2,1H3,(H2,17,19). The van der Waals surface area contributed by atoms with Crippen molar-refractivity contribution in [2.45, 2.75) is 39.2 Å². The highest BCUT2D eigenvalue weighted by atomic mass is 16.4. The third-order valence-corrected chi connectivity index (χ3v) is 4.20. The molecule has 0 atom stereocenters. The van der Waals surface area contributed by atoms with Crippen LogP contribution in [0.25, 0.3) is 0 Å². The van der Waals surface area contributed by atoms with Crippen molar-refractivity contribution in [2.75, 3.05) is 0 Å². The molecule has 5 heteroatoms. The van der Waals surface area contributed by atoms with E-state index in [0.29, 0.717) is 0 Å². The number of amidine groups is 1. The van der Waals surface area contributed by atoms with Gasteiger partial charge in [-0.25, -0.2) is 4.98 Å². The second kappa shape index (κ2) is 5.60. The zero-order chi connectivity index (χ0) is 14.8. The summed E-state index contributed by atoms with van der Waals surface area (Å²) in [5, 5.41) is 11.8. The van der Waals surface area contributed by atoms with E-state index >= 15 is 0 Å². The molecule has 0 spiro atoms. The number of hydrogen-bond donors (Lipinski definition) is 2. The maximum absolute atomic E-state index is 8.74. The molecule has 1 aromatic carbocycles. The van der Waals surface area contributed by atoms with Crippen LogP contribution in [0.4, 0.5) is 0 Å². The zero-order valence-electron chi connectivity index (χ0n) is 12.2. The van der Waals surface area contributed by atoms with Crippen LogP contribution in [0.15, 0.2) is 29.7 Å². The largest absolute Gasteiger partial charge is 0.409 e. The van der Waals surface area contributed by atoms with Gasteiger partial charge in [0.25, 0.3) is 0 Å². The average molecular weight is 284 g/mol. The van der Waals surface area contributed by atoms with Crippen LogP contribution in [0.3, 0.4) is 0 Å². The molecule has 0 unspecified atom stereocenters. The third-order valence-electron chi connectivity index (χ3n) is 4.20. The van der Waals surface area contributed by atoms with E-state index in [-0.39, 0.29) is 5.84 Å². The molecule has 0 radical (unpaired) electrons. The molecule has 1 aliphatic rings. The van der Waals surface area contributed by atoms with Crippen molar-refractivity contribution in [2.24, 2.45) is 10.9 Å². The smallest absolute Gasteiger partial charge is 0.170 e. The fourth-order valence-corrected chi connectivity index (χ4v) is 2.94. The van der Waals surface area contributed by atoms with E-state index in [1.54, 1.807) is 0 Å². The van der Waals surface area contributed by atoms with Crippen LogP contribution in [-0.2, 0) is 19.4 Å². The van der Waals surface area contributed by atoms with Crippen molar-refractivity contribution in [3.05, 3.63) is 52.6 Å². The molecule has 1 aliphatic carbocycles. The van der Waals surface area contributed by atoms with Gasteiger partial charge < -0.3 is 15.5 Å². The van der Waals surface area contributed by atoms with Gasteiger partial charge in [0.05, 0.1) is 12.0 Å². The Hall–Kier alpha value is -2.30. The van der Waals surface area contributed by atoms with Crippen LogP contribution >= 0.6 is 0 Å². The second-order valence-electron chi connectivity index (χ2n) is 5.60. The molecule has 3 rings (SSSR count). The zero-order valence-corrected chi connectivity index (χ0v) is 12.2. The van der Waals surface area contributed by atoms with E-state index < -0.39 is 0 Å². The lowest BCUT2D eigenvalue weighted by atomic mass is 10.0. The van der Waals surface area contributed by atoms with Crippen molar-refractivity contribution in [1.82, 2.24) is 9.55 Å². The molecule has 1 aromatic heterocycles. The minimum Gasteiger partial charge on any atom is -0.409 e.